The van der Waals surface area contributed by atoms with Gasteiger partial charge in [0.15, 0.2) is 5.71 Å². The molecule has 0 radical (unpaired) electrons. The third-order valence-electron chi connectivity index (χ3n) is 2.83. The fourth-order valence-electron chi connectivity index (χ4n) is 1.99. The Labute approximate surface area is 106 Å². The highest BCUT2D eigenvalue weighted by Crippen LogP contribution is 2.28. The first-order chi connectivity index (χ1) is 8.67. The number of benzene rings is 1. The molecule has 0 saturated carbocycles. The number of methoxy groups -OCH3 is 1. The first-order valence-corrected chi connectivity index (χ1v) is 5.85. The summed E-state index contributed by atoms with van der Waals surface area (Å²) in [5.74, 6) is 0.224. The molecular formula is C13H16N2O3. The third-order valence-corrected chi connectivity index (χ3v) is 2.83. The van der Waals surface area contributed by atoms with Crippen LogP contribution in [0.2, 0.25) is 0 Å². The van der Waals surface area contributed by atoms with E-state index in [1.54, 1.807) is 20.1 Å². The number of hydrogen-bond acceptors (Lipinski definition) is 5. The zero-order valence-corrected chi connectivity index (χ0v) is 10.5. The zero-order valence-electron chi connectivity index (χ0n) is 10.5. The van der Waals surface area contributed by atoms with Crippen molar-refractivity contribution in [1.82, 2.24) is 0 Å². The van der Waals surface area contributed by atoms with Crippen LogP contribution in [0, 0.1) is 0 Å². The molecule has 5 heteroatoms. The minimum Gasteiger partial charge on any atom is -0.495 e. The van der Waals surface area contributed by atoms with Crippen molar-refractivity contribution in [2.45, 2.75) is 13.3 Å². The lowest BCUT2D eigenvalue weighted by molar-refractivity contribution is -0.134. The van der Waals surface area contributed by atoms with Crippen molar-refractivity contribution in [3.63, 3.8) is 0 Å². The van der Waals surface area contributed by atoms with E-state index in [0.29, 0.717) is 30.3 Å². The van der Waals surface area contributed by atoms with E-state index in [1.807, 2.05) is 6.07 Å². The molecule has 1 heterocycles. The summed E-state index contributed by atoms with van der Waals surface area (Å²) in [6, 6.07) is 3.58. The fraction of sp³-hybridized carbons (Fsp3) is 0.385. The molecule has 1 aliphatic rings. The number of hydrogen-bond donors (Lipinski definition) is 1. The molecule has 0 amide bonds. The second-order valence-corrected chi connectivity index (χ2v) is 3.95. The van der Waals surface area contributed by atoms with Crippen LogP contribution >= 0.6 is 0 Å². The van der Waals surface area contributed by atoms with E-state index >= 15 is 0 Å². The highest BCUT2D eigenvalue weighted by molar-refractivity contribution is 6.44. The van der Waals surface area contributed by atoms with Crippen molar-refractivity contribution in [1.29, 1.82) is 0 Å². The summed E-state index contributed by atoms with van der Waals surface area (Å²) in [7, 11) is 1.57. The van der Waals surface area contributed by atoms with Crippen molar-refractivity contribution >= 4 is 17.4 Å². The van der Waals surface area contributed by atoms with Crippen molar-refractivity contribution in [2.75, 3.05) is 26.0 Å². The van der Waals surface area contributed by atoms with Gasteiger partial charge in [-0.1, -0.05) is 0 Å². The first-order valence-electron chi connectivity index (χ1n) is 5.85. The maximum atomic E-state index is 11.8. The zero-order chi connectivity index (χ0) is 13.1. The van der Waals surface area contributed by atoms with E-state index in [-0.39, 0.29) is 0 Å². The van der Waals surface area contributed by atoms with Gasteiger partial charge in [0.25, 0.3) is 0 Å². The Hall–Kier alpha value is -2.04. The summed E-state index contributed by atoms with van der Waals surface area (Å²) >= 11 is 0. The van der Waals surface area contributed by atoms with Crippen LogP contribution in [0.25, 0.3) is 0 Å². The van der Waals surface area contributed by atoms with Gasteiger partial charge in [-0.2, -0.15) is 0 Å². The molecule has 2 N–H and O–H groups in total. The smallest absolute Gasteiger partial charge is 0.357 e. The summed E-state index contributed by atoms with van der Waals surface area (Å²) in [6.45, 7) is 2.68. The number of nitrogen functional groups attached to an aromatic ring is 1. The van der Waals surface area contributed by atoms with Crippen LogP contribution in [0.1, 0.15) is 18.1 Å². The molecule has 5 nitrogen and oxygen atoms in total. The Morgan fingerprint density at radius 3 is 2.94 bits per heavy atom. The predicted octanol–water partition coefficient (Wildman–Crippen LogP) is 1.19. The maximum Gasteiger partial charge on any atom is 0.357 e. The van der Waals surface area contributed by atoms with Crippen LogP contribution in [0.3, 0.4) is 0 Å². The molecule has 1 aromatic carbocycles. The van der Waals surface area contributed by atoms with Gasteiger partial charge in [0.2, 0.25) is 0 Å². The van der Waals surface area contributed by atoms with E-state index < -0.39 is 5.97 Å². The van der Waals surface area contributed by atoms with Crippen molar-refractivity contribution in [2.24, 2.45) is 4.99 Å². The molecule has 0 fully saturated rings. The average molecular weight is 248 g/mol. The van der Waals surface area contributed by atoms with Gasteiger partial charge in [-0.3, -0.25) is 4.99 Å². The second-order valence-electron chi connectivity index (χ2n) is 3.95. The quantitative estimate of drug-likeness (QED) is 0.644. The number of ether oxygens (including phenoxy) is 2. The Balaban J connectivity index is 2.43. The number of carbonyl (C=O) groups is 1. The molecule has 0 atom stereocenters. The Morgan fingerprint density at radius 2 is 2.28 bits per heavy atom. The largest absolute Gasteiger partial charge is 0.495 e. The summed E-state index contributed by atoms with van der Waals surface area (Å²) < 4.78 is 10.2. The number of nitrogens with two attached hydrogens (primary N) is 1. The van der Waals surface area contributed by atoms with Gasteiger partial charge in [-0.05, 0) is 31.0 Å². The van der Waals surface area contributed by atoms with Crippen LogP contribution in [-0.4, -0.2) is 31.9 Å². The van der Waals surface area contributed by atoms with Crippen molar-refractivity contribution in [3.8, 4) is 5.75 Å². The molecule has 0 bridgehead atoms. The van der Waals surface area contributed by atoms with Crippen LogP contribution in [0.15, 0.2) is 17.1 Å². The van der Waals surface area contributed by atoms with E-state index in [0.717, 1.165) is 17.5 Å². The van der Waals surface area contributed by atoms with Crippen LogP contribution < -0.4 is 10.5 Å². The summed E-state index contributed by atoms with van der Waals surface area (Å²) in [4.78, 5) is 16.0. The van der Waals surface area contributed by atoms with Crippen LogP contribution in [-0.2, 0) is 16.0 Å². The highest BCUT2D eigenvalue weighted by atomic mass is 16.5. The first kappa shape index (κ1) is 12.4. The minimum absolute atomic E-state index is 0.332. The van der Waals surface area contributed by atoms with Gasteiger partial charge < -0.3 is 15.2 Å². The number of nitrogens with zero attached hydrogens (tertiary/aromatic N) is 1. The Bertz CT molecular complexity index is 509. The lowest BCUT2D eigenvalue weighted by atomic mass is 9.96. The number of anilines is 1. The molecule has 0 spiro atoms. The maximum absolute atomic E-state index is 11.8. The SMILES string of the molecule is CCOC(=O)C1=NCCc2cc(OC)c(N)cc21. The molecule has 0 aromatic heterocycles. The lowest BCUT2D eigenvalue weighted by Crippen LogP contribution is -2.24. The number of fused-ring (bicyclic) bond motifs is 1. The molecule has 0 unspecified atom stereocenters. The Kier molecular flexibility index (Phi) is 3.50. The van der Waals surface area contributed by atoms with Crippen LogP contribution in [0.5, 0.6) is 5.75 Å². The van der Waals surface area contributed by atoms with Crippen molar-refractivity contribution < 1.29 is 14.3 Å². The molecular weight excluding hydrogens is 232 g/mol. The molecule has 2 rings (SSSR count). The van der Waals surface area contributed by atoms with Crippen molar-refractivity contribution in [3.05, 3.63) is 23.3 Å². The predicted molar refractivity (Wildman–Crippen MR) is 69.1 cm³/mol. The number of esters is 1. The lowest BCUT2D eigenvalue weighted by Gasteiger charge is -2.18. The monoisotopic (exact) mass is 248 g/mol. The Morgan fingerprint density at radius 1 is 1.50 bits per heavy atom. The number of carbonyl (C=O) groups excluding carboxylic acids is 1. The topological polar surface area (TPSA) is 73.9 Å². The van der Waals surface area contributed by atoms with Gasteiger partial charge in [0, 0.05) is 12.1 Å². The molecule has 1 aromatic rings. The molecule has 0 saturated heterocycles. The van der Waals surface area contributed by atoms with E-state index in [4.69, 9.17) is 15.2 Å². The van der Waals surface area contributed by atoms with E-state index in [9.17, 15) is 4.79 Å². The van der Waals surface area contributed by atoms with Crippen LogP contribution in [0.4, 0.5) is 5.69 Å². The normalized spacial score (nSPS) is 13.6. The van der Waals surface area contributed by atoms with Gasteiger partial charge in [0.1, 0.15) is 5.75 Å². The summed E-state index contributed by atoms with van der Waals surface area (Å²) in [6.07, 6.45) is 0.773. The second kappa shape index (κ2) is 5.08. The third kappa shape index (κ3) is 2.16. The van der Waals surface area contributed by atoms with E-state index in [2.05, 4.69) is 4.99 Å². The standard InChI is InChI=1S/C13H16N2O3/c1-3-18-13(16)12-9-7-10(14)11(17-2)6-8(9)4-5-15-12/h6-7H,3-5,14H2,1-2H3. The molecule has 18 heavy (non-hydrogen) atoms. The number of rotatable bonds is 3. The average Bonchev–Trinajstić information content (AvgIpc) is 2.37. The molecule has 1 aliphatic heterocycles. The molecule has 96 valence electrons. The van der Waals surface area contributed by atoms with Gasteiger partial charge in [-0.15, -0.1) is 0 Å². The summed E-state index contributed by atoms with van der Waals surface area (Å²) in [5.41, 5.74) is 8.47. The fourth-order valence-corrected chi connectivity index (χ4v) is 1.99. The molecule has 0 aliphatic carbocycles. The van der Waals surface area contributed by atoms with Gasteiger partial charge in [-0.25, -0.2) is 4.79 Å². The van der Waals surface area contributed by atoms with E-state index in [1.165, 1.54) is 0 Å². The number of aliphatic imine (C=N–C) groups is 1. The highest BCUT2D eigenvalue weighted by Gasteiger charge is 2.23. The minimum atomic E-state index is -0.400. The van der Waals surface area contributed by atoms with Gasteiger partial charge >= 0.3 is 5.97 Å². The van der Waals surface area contributed by atoms with Gasteiger partial charge in [0.05, 0.1) is 19.4 Å². The summed E-state index contributed by atoms with van der Waals surface area (Å²) in [5, 5.41) is 0.